The SMILES string of the molecule is Cc1ccc(N(C)S(=O)(=O)c2cccc(C(=O)NCc3ccc(-n4ccnc4)c(F)c3)c2)cc1. The van der Waals surface area contributed by atoms with E-state index >= 15 is 0 Å². The largest absolute Gasteiger partial charge is 0.348 e. The van der Waals surface area contributed by atoms with Crippen LogP contribution < -0.4 is 9.62 Å². The van der Waals surface area contributed by atoms with Gasteiger partial charge in [-0.1, -0.05) is 29.8 Å². The number of imidazole rings is 1. The Kier molecular flexibility index (Phi) is 6.47. The summed E-state index contributed by atoms with van der Waals surface area (Å²) in [4.78, 5) is 16.6. The Morgan fingerprint density at radius 3 is 2.53 bits per heavy atom. The van der Waals surface area contributed by atoms with Crippen LogP contribution in [-0.4, -0.2) is 30.9 Å². The molecule has 1 heterocycles. The lowest BCUT2D eigenvalue weighted by atomic mass is 10.1. The third-order valence-electron chi connectivity index (χ3n) is 5.40. The lowest BCUT2D eigenvalue weighted by molar-refractivity contribution is 0.0950. The molecule has 0 fully saturated rings. The highest BCUT2D eigenvalue weighted by molar-refractivity contribution is 7.92. The van der Waals surface area contributed by atoms with Crippen molar-refractivity contribution in [3.63, 3.8) is 0 Å². The van der Waals surface area contributed by atoms with E-state index in [0.29, 0.717) is 16.9 Å². The number of nitrogens with zero attached hydrogens (tertiary/aromatic N) is 3. The van der Waals surface area contributed by atoms with E-state index < -0.39 is 21.7 Å². The zero-order valence-corrected chi connectivity index (χ0v) is 19.5. The summed E-state index contributed by atoms with van der Waals surface area (Å²) in [6, 6.07) is 17.6. The number of benzene rings is 3. The molecule has 0 spiro atoms. The van der Waals surface area contributed by atoms with Crippen LogP contribution in [-0.2, 0) is 16.6 Å². The predicted molar refractivity (Wildman–Crippen MR) is 128 cm³/mol. The third-order valence-corrected chi connectivity index (χ3v) is 7.18. The lowest BCUT2D eigenvalue weighted by Gasteiger charge is -2.20. The van der Waals surface area contributed by atoms with Crippen LogP contribution in [0, 0.1) is 12.7 Å². The van der Waals surface area contributed by atoms with Crippen molar-refractivity contribution in [2.75, 3.05) is 11.4 Å². The molecule has 9 heteroatoms. The van der Waals surface area contributed by atoms with E-state index in [-0.39, 0.29) is 17.0 Å². The van der Waals surface area contributed by atoms with Gasteiger partial charge in [0.15, 0.2) is 0 Å². The highest BCUT2D eigenvalue weighted by atomic mass is 32.2. The van der Waals surface area contributed by atoms with E-state index in [2.05, 4.69) is 10.3 Å². The molecule has 1 aromatic heterocycles. The summed E-state index contributed by atoms with van der Waals surface area (Å²) < 4.78 is 43.3. The van der Waals surface area contributed by atoms with Crippen molar-refractivity contribution in [1.82, 2.24) is 14.9 Å². The first-order chi connectivity index (χ1) is 16.3. The van der Waals surface area contributed by atoms with Crippen LogP contribution in [0.5, 0.6) is 0 Å². The molecule has 0 aliphatic rings. The van der Waals surface area contributed by atoms with Crippen LogP contribution >= 0.6 is 0 Å². The number of aromatic nitrogens is 2. The number of sulfonamides is 1. The maximum absolute atomic E-state index is 14.4. The number of halogens is 1. The smallest absolute Gasteiger partial charge is 0.264 e. The van der Waals surface area contributed by atoms with Gasteiger partial charge >= 0.3 is 0 Å². The maximum Gasteiger partial charge on any atom is 0.264 e. The van der Waals surface area contributed by atoms with Gasteiger partial charge < -0.3 is 9.88 Å². The fraction of sp³-hybridized carbons (Fsp3) is 0.120. The first kappa shape index (κ1) is 23.2. The summed E-state index contributed by atoms with van der Waals surface area (Å²) in [5.41, 5.74) is 2.64. The molecule has 4 rings (SSSR count). The van der Waals surface area contributed by atoms with Gasteiger partial charge in [-0.3, -0.25) is 9.10 Å². The molecule has 0 unspecified atom stereocenters. The van der Waals surface area contributed by atoms with Crippen LogP contribution in [0.4, 0.5) is 10.1 Å². The third kappa shape index (κ3) is 4.84. The van der Waals surface area contributed by atoms with Gasteiger partial charge in [-0.2, -0.15) is 0 Å². The monoisotopic (exact) mass is 478 g/mol. The van der Waals surface area contributed by atoms with Gasteiger partial charge in [0.1, 0.15) is 5.82 Å². The Balaban J connectivity index is 1.47. The second-order valence-electron chi connectivity index (χ2n) is 7.77. The van der Waals surface area contributed by atoms with Crippen LogP contribution in [0.25, 0.3) is 5.69 Å². The summed E-state index contributed by atoms with van der Waals surface area (Å²) in [5.74, 6) is -0.911. The Morgan fingerprint density at radius 1 is 1.09 bits per heavy atom. The number of carbonyl (C=O) groups excluding carboxylic acids is 1. The normalized spacial score (nSPS) is 11.3. The molecule has 0 aliphatic heterocycles. The van der Waals surface area contributed by atoms with E-state index in [1.165, 1.54) is 48.0 Å². The first-order valence-electron chi connectivity index (χ1n) is 10.5. The Morgan fingerprint density at radius 2 is 1.85 bits per heavy atom. The fourth-order valence-electron chi connectivity index (χ4n) is 3.41. The summed E-state index contributed by atoms with van der Waals surface area (Å²) in [6.07, 6.45) is 4.69. The number of aryl methyl sites for hydroxylation is 1. The van der Waals surface area contributed by atoms with Gasteiger partial charge in [-0.05, 0) is 55.0 Å². The minimum atomic E-state index is -3.86. The van der Waals surface area contributed by atoms with Crippen LogP contribution in [0.1, 0.15) is 21.5 Å². The van der Waals surface area contributed by atoms with Crippen molar-refractivity contribution in [1.29, 1.82) is 0 Å². The van der Waals surface area contributed by atoms with Crippen LogP contribution in [0.3, 0.4) is 0 Å². The average molecular weight is 479 g/mol. The topological polar surface area (TPSA) is 84.3 Å². The van der Waals surface area contributed by atoms with Crippen molar-refractivity contribution >= 4 is 21.6 Å². The number of amides is 1. The molecule has 0 atom stereocenters. The van der Waals surface area contributed by atoms with Crippen LogP contribution in [0.2, 0.25) is 0 Å². The maximum atomic E-state index is 14.4. The molecule has 1 amide bonds. The predicted octanol–water partition coefficient (Wildman–Crippen LogP) is 4.07. The molecule has 0 saturated carbocycles. The zero-order chi connectivity index (χ0) is 24.3. The first-order valence-corrected chi connectivity index (χ1v) is 11.9. The van der Waals surface area contributed by atoms with Gasteiger partial charge in [-0.25, -0.2) is 17.8 Å². The molecule has 0 bridgehead atoms. The van der Waals surface area contributed by atoms with Crippen molar-refractivity contribution in [2.45, 2.75) is 18.4 Å². The van der Waals surface area contributed by atoms with Gasteiger partial charge in [0.25, 0.3) is 15.9 Å². The Bertz CT molecular complexity index is 1420. The highest BCUT2D eigenvalue weighted by Crippen LogP contribution is 2.23. The highest BCUT2D eigenvalue weighted by Gasteiger charge is 2.22. The van der Waals surface area contributed by atoms with Crippen LogP contribution in [0.15, 0.2) is 90.3 Å². The molecule has 174 valence electrons. The molecular formula is C25H23FN4O3S. The zero-order valence-electron chi connectivity index (χ0n) is 18.6. The molecule has 0 radical (unpaired) electrons. The number of anilines is 1. The van der Waals surface area contributed by atoms with E-state index in [0.717, 1.165) is 5.56 Å². The number of nitrogens with one attached hydrogen (secondary N) is 1. The molecule has 0 saturated heterocycles. The molecule has 34 heavy (non-hydrogen) atoms. The minimum absolute atomic E-state index is 0.000968. The lowest BCUT2D eigenvalue weighted by Crippen LogP contribution is -2.27. The molecular weight excluding hydrogens is 455 g/mol. The van der Waals surface area contributed by atoms with Crippen molar-refractivity contribution in [2.24, 2.45) is 0 Å². The quantitative estimate of drug-likeness (QED) is 0.434. The summed E-state index contributed by atoms with van der Waals surface area (Å²) in [7, 11) is -2.40. The number of hydrogen-bond acceptors (Lipinski definition) is 4. The van der Waals surface area contributed by atoms with Gasteiger partial charge in [0, 0.05) is 31.5 Å². The molecule has 3 aromatic carbocycles. The Hall–Kier alpha value is -3.98. The standard InChI is InChI=1S/C25H23FN4O3S/c1-18-6-9-21(10-7-18)29(2)34(32,33)22-5-3-4-20(15-22)25(31)28-16-19-8-11-24(23(26)14-19)30-13-12-27-17-30/h3-15,17H,16H2,1-2H3,(H,28,31). The number of hydrogen-bond donors (Lipinski definition) is 1. The number of rotatable bonds is 7. The molecule has 0 aliphatic carbocycles. The second-order valence-corrected chi connectivity index (χ2v) is 9.74. The second kappa shape index (κ2) is 9.48. The van der Waals surface area contributed by atoms with Crippen molar-refractivity contribution in [3.05, 3.63) is 108 Å². The van der Waals surface area contributed by atoms with Gasteiger partial charge in [0.05, 0.1) is 22.6 Å². The summed E-state index contributed by atoms with van der Waals surface area (Å²) in [6.45, 7) is 2.00. The summed E-state index contributed by atoms with van der Waals surface area (Å²) >= 11 is 0. The van der Waals surface area contributed by atoms with Gasteiger partial charge in [-0.15, -0.1) is 0 Å². The van der Waals surface area contributed by atoms with Gasteiger partial charge in [0.2, 0.25) is 0 Å². The minimum Gasteiger partial charge on any atom is -0.348 e. The number of carbonyl (C=O) groups is 1. The summed E-state index contributed by atoms with van der Waals surface area (Å²) in [5, 5.41) is 2.71. The van der Waals surface area contributed by atoms with E-state index in [4.69, 9.17) is 0 Å². The molecule has 4 aromatic rings. The van der Waals surface area contributed by atoms with E-state index in [9.17, 15) is 17.6 Å². The molecule has 1 N–H and O–H groups in total. The van der Waals surface area contributed by atoms with E-state index in [1.807, 2.05) is 19.1 Å². The van der Waals surface area contributed by atoms with E-state index in [1.54, 1.807) is 41.2 Å². The molecule has 7 nitrogen and oxygen atoms in total. The average Bonchev–Trinajstić information content (AvgIpc) is 3.37. The Labute approximate surface area is 197 Å². The van der Waals surface area contributed by atoms with Crippen molar-refractivity contribution in [3.8, 4) is 5.69 Å². The fourth-order valence-corrected chi connectivity index (χ4v) is 4.65. The van der Waals surface area contributed by atoms with Crippen molar-refractivity contribution < 1.29 is 17.6 Å².